The van der Waals surface area contributed by atoms with Gasteiger partial charge in [-0.15, -0.1) is 0 Å². The number of imidazole rings is 1. The highest BCUT2D eigenvalue weighted by molar-refractivity contribution is 6.31. The Hall–Kier alpha value is -1.83. The quantitative estimate of drug-likeness (QED) is 0.883. The van der Waals surface area contributed by atoms with Gasteiger partial charge in [0.05, 0.1) is 28.8 Å². The molecule has 1 N–H and O–H groups in total. The number of nitrogens with zero attached hydrogens (tertiary/aromatic N) is 3. The second kappa shape index (κ2) is 4.58. The van der Waals surface area contributed by atoms with E-state index in [0.29, 0.717) is 21.8 Å². The molecule has 0 amide bonds. The lowest BCUT2D eigenvalue weighted by Crippen LogP contribution is -2.05. The number of rotatable bonds is 2. The first kappa shape index (κ1) is 11.6. The Morgan fingerprint density at radius 2 is 2.29 bits per heavy atom. The number of hydrogen-bond donors (Lipinski definition) is 1. The molecule has 0 fully saturated rings. The van der Waals surface area contributed by atoms with Crippen LogP contribution in [-0.2, 0) is 7.05 Å². The molecule has 0 saturated heterocycles. The fourth-order valence-corrected chi connectivity index (χ4v) is 1.83. The standard InChI is InChI=1S/C12H10ClN3O/c1-16-7-15-6-11(16)12(17)8-2-3-9(5-14)10(13)4-8/h2-4,6-7,12,17H,1H3. The zero-order chi connectivity index (χ0) is 12.4. The maximum Gasteiger partial charge on any atom is 0.121 e. The molecule has 86 valence electrons. The second-order valence-electron chi connectivity index (χ2n) is 3.68. The maximum absolute atomic E-state index is 10.1. The van der Waals surface area contributed by atoms with E-state index >= 15 is 0 Å². The van der Waals surface area contributed by atoms with Gasteiger partial charge in [0.25, 0.3) is 0 Å². The highest BCUT2D eigenvalue weighted by atomic mass is 35.5. The monoisotopic (exact) mass is 247 g/mol. The van der Waals surface area contributed by atoms with Crippen molar-refractivity contribution in [2.45, 2.75) is 6.10 Å². The van der Waals surface area contributed by atoms with Gasteiger partial charge in [-0.2, -0.15) is 5.26 Å². The number of aromatic nitrogens is 2. The van der Waals surface area contributed by atoms with Gasteiger partial charge >= 0.3 is 0 Å². The Kier molecular flexibility index (Phi) is 3.14. The van der Waals surface area contributed by atoms with E-state index in [9.17, 15) is 5.11 Å². The van der Waals surface area contributed by atoms with Crippen molar-refractivity contribution in [3.63, 3.8) is 0 Å². The van der Waals surface area contributed by atoms with E-state index in [4.69, 9.17) is 16.9 Å². The third-order valence-corrected chi connectivity index (χ3v) is 2.88. The molecule has 0 spiro atoms. The molecule has 5 heteroatoms. The third-order valence-electron chi connectivity index (χ3n) is 2.56. The van der Waals surface area contributed by atoms with Gasteiger partial charge in [0, 0.05) is 7.05 Å². The van der Waals surface area contributed by atoms with E-state index in [2.05, 4.69) is 4.98 Å². The van der Waals surface area contributed by atoms with Gasteiger partial charge in [-0.05, 0) is 17.7 Å². The van der Waals surface area contributed by atoms with Crippen molar-refractivity contribution in [2.75, 3.05) is 0 Å². The van der Waals surface area contributed by atoms with Crippen LogP contribution in [0, 0.1) is 11.3 Å². The lowest BCUT2D eigenvalue weighted by atomic mass is 10.1. The molecule has 0 aliphatic carbocycles. The van der Waals surface area contributed by atoms with Crippen molar-refractivity contribution in [3.05, 3.63) is 52.6 Å². The number of aryl methyl sites for hydroxylation is 1. The number of halogens is 1. The average Bonchev–Trinajstić information content (AvgIpc) is 2.74. The molecule has 0 radical (unpaired) electrons. The summed E-state index contributed by atoms with van der Waals surface area (Å²) in [5.74, 6) is 0. The van der Waals surface area contributed by atoms with Crippen molar-refractivity contribution in [1.82, 2.24) is 9.55 Å². The predicted molar refractivity (Wildman–Crippen MR) is 63.4 cm³/mol. The van der Waals surface area contributed by atoms with Crippen molar-refractivity contribution in [2.24, 2.45) is 7.05 Å². The van der Waals surface area contributed by atoms with Crippen LogP contribution in [0.1, 0.15) is 22.9 Å². The van der Waals surface area contributed by atoms with Crippen LogP contribution in [0.4, 0.5) is 0 Å². The number of aliphatic hydroxyl groups is 1. The Morgan fingerprint density at radius 3 is 2.82 bits per heavy atom. The van der Waals surface area contributed by atoms with Gasteiger partial charge < -0.3 is 9.67 Å². The Morgan fingerprint density at radius 1 is 1.53 bits per heavy atom. The van der Waals surface area contributed by atoms with Crippen LogP contribution < -0.4 is 0 Å². The molecule has 1 unspecified atom stereocenters. The van der Waals surface area contributed by atoms with Crippen molar-refractivity contribution < 1.29 is 5.11 Å². The number of aliphatic hydroxyl groups excluding tert-OH is 1. The lowest BCUT2D eigenvalue weighted by Gasteiger charge is -2.12. The zero-order valence-corrected chi connectivity index (χ0v) is 9.89. The van der Waals surface area contributed by atoms with Crippen LogP contribution in [0.25, 0.3) is 0 Å². The van der Waals surface area contributed by atoms with E-state index in [0.717, 1.165) is 0 Å². The molecule has 1 atom stereocenters. The summed E-state index contributed by atoms with van der Waals surface area (Å²) in [4.78, 5) is 3.94. The molecule has 0 aliphatic rings. The van der Waals surface area contributed by atoms with Gasteiger partial charge in [-0.3, -0.25) is 0 Å². The molecule has 17 heavy (non-hydrogen) atoms. The van der Waals surface area contributed by atoms with Crippen LogP contribution in [0.15, 0.2) is 30.7 Å². The summed E-state index contributed by atoms with van der Waals surface area (Å²) in [7, 11) is 1.80. The fourth-order valence-electron chi connectivity index (χ4n) is 1.59. The summed E-state index contributed by atoms with van der Waals surface area (Å²) in [6, 6.07) is 6.85. The van der Waals surface area contributed by atoms with Crippen molar-refractivity contribution in [3.8, 4) is 6.07 Å². The number of benzene rings is 1. The summed E-state index contributed by atoms with van der Waals surface area (Å²) in [5.41, 5.74) is 1.70. The van der Waals surface area contributed by atoms with E-state index in [1.54, 1.807) is 42.3 Å². The summed E-state index contributed by atoms with van der Waals surface area (Å²) in [6.45, 7) is 0. The molecule has 4 nitrogen and oxygen atoms in total. The predicted octanol–water partition coefficient (Wildman–Crippen LogP) is 2.03. The summed E-state index contributed by atoms with van der Waals surface area (Å²) in [5, 5.41) is 19.3. The molecular formula is C12H10ClN3O. The fraction of sp³-hybridized carbons (Fsp3) is 0.167. The average molecular weight is 248 g/mol. The molecule has 1 heterocycles. The van der Waals surface area contributed by atoms with Gasteiger partial charge in [-0.1, -0.05) is 17.7 Å². The minimum absolute atomic E-state index is 0.339. The van der Waals surface area contributed by atoms with E-state index in [-0.39, 0.29) is 0 Å². The normalized spacial score (nSPS) is 12.1. The van der Waals surface area contributed by atoms with Crippen LogP contribution in [0.2, 0.25) is 5.02 Å². The highest BCUT2D eigenvalue weighted by Crippen LogP contribution is 2.25. The van der Waals surface area contributed by atoms with Crippen LogP contribution in [0.5, 0.6) is 0 Å². The first-order valence-electron chi connectivity index (χ1n) is 4.97. The molecular weight excluding hydrogens is 238 g/mol. The summed E-state index contributed by atoms with van der Waals surface area (Å²) >= 11 is 5.92. The largest absolute Gasteiger partial charge is 0.382 e. The molecule has 1 aromatic heterocycles. The van der Waals surface area contributed by atoms with Crippen LogP contribution >= 0.6 is 11.6 Å². The summed E-state index contributed by atoms with van der Waals surface area (Å²) in [6.07, 6.45) is 2.41. The molecule has 0 bridgehead atoms. The van der Waals surface area contributed by atoms with Crippen molar-refractivity contribution >= 4 is 11.6 Å². The van der Waals surface area contributed by atoms with Crippen LogP contribution in [-0.4, -0.2) is 14.7 Å². The van der Waals surface area contributed by atoms with E-state index < -0.39 is 6.10 Å². The van der Waals surface area contributed by atoms with E-state index in [1.165, 1.54) is 0 Å². The SMILES string of the molecule is Cn1cncc1C(O)c1ccc(C#N)c(Cl)c1. The second-order valence-corrected chi connectivity index (χ2v) is 4.09. The van der Waals surface area contributed by atoms with Crippen LogP contribution in [0.3, 0.4) is 0 Å². The summed E-state index contributed by atoms with van der Waals surface area (Å²) < 4.78 is 1.73. The smallest absolute Gasteiger partial charge is 0.121 e. The Balaban J connectivity index is 2.39. The third kappa shape index (κ3) is 2.16. The number of nitriles is 1. The minimum Gasteiger partial charge on any atom is -0.382 e. The first-order chi connectivity index (χ1) is 8.13. The highest BCUT2D eigenvalue weighted by Gasteiger charge is 2.15. The van der Waals surface area contributed by atoms with Gasteiger partial charge in [0.2, 0.25) is 0 Å². The molecule has 0 aliphatic heterocycles. The van der Waals surface area contributed by atoms with Gasteiger partial charge in [-0.25, -0.2) is 4.98 Å². The maximum atomic E-state index is 10.1. The van der Waals surface area contributed by atoms with Gasteiger partial charge in [0.15, 0.2) is 0 Å². The Labute approximate surface area is 104 Å². The lowest BCUT2D eigenvalue weighted by molar-refractivity contribution is 0.211. The van der Waals surface area contributed by atoms with Crippen molar-refractivity contribution in [1.29, 1.82) is 5.26 Å². The first-order valence-corrected chi connectivity index (χ1v) is 5.35. The molecule has 1 aromatic carbocycles. The zero-order valence-electron chi connectivity index (χ0n) is 9.13. The number of hydrogen-bond acceptors (Lipinski definition) is 3. The Bertz CT molecular complexity index is 586. The molecule has 0 saturated carbocycles. The van der Waals surface area contributed by atoms with E-state index in [1.807, 2.05) is 6.07 Å². The van der Waals surface area contributed by atoms with Gasteiger partial charge in [0.1, 0.15) is 12.2 Å². The minimum atomic E-state index is -0.798. The molecule has 2 aromatic rings. The topological polar surface area (TPSA) is 61.8 Å². The molecule has 2 rings (SSSR count).